The van der Waals surface area contributed by atoms with Crippen LogP contribution in [-0.2, 0) is 4.74 Å². The number of allylic oxidation sites excluding steroid dienone is 3. The van der Waals surface area contributed by atoms with Gasteiger partial charge in [-0.25, -0.2) is 0 Å². The fraction of sp³-hybridized carbons (Fsp3) is 0.594. The molecule has 0 radical (unpaired) electrons. The van der Waals surface area contributed by atoms with Gasteiger partial charge in [-0.3, -0.25) is 4.98 Å². The fourth-order valence-electron chi connectivity index (χ4n) is 9.23. The van der Waals surface area contributed by atoms with Crippen molar-refractivity contribution in [1.82, 2.24) is 10.3 Å². The van der Waals surface area contributed by atoms with Crippen molar-refractivity contribution < 1.29 is 4.74 Å². The zero-order valence-electron chi connectivity index (χ0n) is 21.8. The summed E-state index contributed by atoms with van der Waals surface area (Å²) in [6.07, 6.45) is 24.9. The molecular weight excluding hydrogens is 428 g/mol. The third kappa shape index (κ3) is 2.97. The molecule has 2 fully saturated rings. The van der Waals surface area contributed by atoms with Gasteiger partial charge in [0.05, 0.1) is 5.60 Å². The summed E-state index contributed by atoms with van der Waals surface area (Å²) in [4.78, 5) is 4.47. The van der Waals surface area contributed by atoms with Crippen LogP contribution in [0, 0.1) is 23.2 Å². The predicted octanol–water partition coefficient (Wildman–Crippen LogP) is 7.09. The summed E-state index contributed by atoms with van der Waals surface area (Å²) in [6, 6.07) is 2.64. The fourth-order valence-corrected chi connectivity index (χ4v) is 9.23. The van der Waals surface area contributed by atoms with Crippen LogP contribution >= 0.6 is 0 Å². The molecule has 2 aliphatic heterocycles. The van der Waals surface area contributed by atoms with Crippen molar-refractivity contribution in [3.05, 3.63) is 70.7 Å². The smallest absolute Gasteiger partial charge is 0.111 e. The molecule has 3 heterocycles. The molecular formula is C32H40N2O. The van der Waals surface area contributed by atoms with Gasteiger partial charge in [0.2, 0.25) is 0 Å². The summed E-state index contributed by atoms with van der Waals surface area (Å²) in [5.74, 6) is 2.39. The Morgan fingerprint density at radius 2 is 2.06 bits per heavy atom. The predicted molar refractivity (Wildman–Crippen MR) is 142 cm³/mol. The van der Waals surface area contributed by atoms with Crippen LogP contribution in [0.4, 0.5) is 0 Å². The van der Waals surface area contributed by atoms with E-state index in [0.717, 1.165) is 19.3 Å². The summed E-state index contributed by atoms with van der Waals surface area (Å²) in [5.41, 5.74) is 7.22. The van der Waals surface area contributed by atoms with E-state index in [2.05, 4.69) is 80.6 Å². The second-order valence-corrected chi connectivity index (χ2v) is 12.9. The van der Waals surface area contributed by atoms with E-state index in [-0.39, 0.29) is 16.6 Å². The zero-order valence-corrected chi connectivity index (χ0v) is 21.8. The lowest BCUT2D eigenvalue weighted by molar-refractivity contribution is -0.117. The van der Waals surface area contributed by atoms with Gasteiger partial charge in [-0.05, 0) is 122 Å². The van der Waals surface area contributed by atoms with Crippen molar-refractivity contribution in [1.29, 1.82) is 0 Å². The van der Waals surface area contributed by atoms with Crippen LogP contribution in [0.25, 0.3) is 6.08 Å². The Bertz CT molecular complexity index is 1190. The zero-order chi connectivity index (χ0) is 24.0. The lowest BCUT2D eigenvalue weighted by Crippen LogP contribution is -2.54. The third-order valence-electron chi connectivity index (χ3n) is 10.8. The molecule has 184 valence electrons. The average molecular weight is 469 g/mol. The summed E-state index contributed by atoms with van der Waals surface area (Å²) >= 11 is 0. The molecule has 2 bridgehead atoms. The second kappa shape index (κ2) is 7.44. The van der Waals surface area contributed by atoms with Gasteiger partial charge in [0, 0.05) is 24.1 Å². The Balaban J connectivity index is 1.24. The Morgan fingerprint density at radius 3 is 2.91 bits per heavy atom. The Labute approximate surface area is 210 Å². The van der Waals surface area contributed by atoms with Gasteiger partial charge in [-0.15, -0.1) is 0 Å². The van der Waals surface area contributed by atoms with Gasteiger partial charge < -0.3 is 10.1 Å². The van der Waals surface area contributed by atoms with E-state index in [1.807, 2.05) is 6.20 Å². The van der Waals surface area contributed by atoms with E-state index in [9.17, 15) is 0 Å². The average Bonchev–Trinajstić information content (AvgIpc) is 3.34. The Kier molecular flexibility index (Phi) is 4.70. The molecule has 1 saturated heterocycles. The second-order valence-electron chi connectivity index (χ2n) is 12.9. The van der Waals surface area contributed by atoms with Crippen molar-refractivity contribution in [3.8, 4) is 0 Å². The number of fused-ring (bicyclic) bond motifs is 2. The van der Waals surface area contributed by atoms with E-state index >= 15 is 0 Å². The highest BCUT2D eigenvalue weighted by Crippen LogP contribution is 2.69. The molecule has 0 aromatic carbocycles. The largest absolute Gasteiger partial charge is 0.386 e. The van der Waals surface area contributed by atoms with Crippen LogP contribution in [-0.4, -0.2) is 22.2 Å². The van der Waals surface area contributed by atoms with Crippen LogP contribution < -0.4 is 5.32 Å². The Hall–Kier alpha value is -2.13. The molecule has 3 heteroatoms. The normalized spacial score (nSPS) is 42.9. The minimum absolute atomic E-state index is 0.0941. The number of rotatable bonds is 3. The van der Waals surface area contributed by atoms with E-state index in [1.54, 1.807) is 0 Å². The number of nitrogens with zero attached hydrogens (tertiary/aromatic N) is 1. The number of hydrogen-bond donors (Lipinski definition) is 1. The first-order valence-corrected chi connectivity index (χ1v) is 14.1. The SMILES string of the molecule is CC(C)NC1=C[C@@]23CC[C@@]4(O2)C(=CCC2(C)C(C5C=Cc6ccncc6C5C)CC[C@H]24)C=C3CC1. The lowest BCUT2D eigenvalue weighted by atomic mass is 9.55. The van der Waals surface area contributed by atoms with Crippen LogP contribution in [0.5, 0.6) is 0 Å². The molecule has 1 N–H and O–H groups in total. The quantitative estimate of drug-likeness (QED) is 0.514. The maximum absolute atomic E-state index is 7.41. The van der Waals surface area contributed by atoms with Crippen LogP contribution in [0.1, 0.15) is 89.7 Å². The molecule has 2 spiro atoms. The van der Waals surface area contributed by atoms with Crippen molar-refractivity contribution >= 4 is 6.08 Å². The summed E-state index contributed by atoms with van der Waals surface area (Å²) < 4.78 is 7.41. The highest BCUT2D eigenvalue weighted by molar-refractivity contribution is 5.58. The highest BCUT2D eigenvalue weighted by Gasteiger charge is 2.66. The van der Waals surface area contributed by atoms with Crippen molar-refractivity contribution in [2.75, 3.05) is 0 Å². The standard InChI is InChI=1S/C32H40N2O/c1-20(2)34-25-7-6-23-17-24-11-13-30(4)28(26-8-5-22-12-16-33-19-27(22)21(26)3)9-10-29(30)32(24)15-14-31(23,18-25)35-32/h5,8,11-12,16-21,26,28-29,34H,6-7,9-10,13-15H2,1-4H3/t21?,26?,28?,29-,30?,31-,32-/m1/s1. The summed E-state index contributed by atoms with van der Waals surface area (Å²) in [7, 11) is 0. The van der Waals surface area contributed by atoms with Crippen LogP contribution in [0.15, 0.2) is 59.6 Å². The maximum Gasteiger partial charge on any atom is 0.111 e. The number of nitrogens with one attached hydrogen (secondary N) is 1. The molecule has 4 unspecified atom stereocenters. The minimum Gasteiger partial charge on any atom is -0.386 e. The summed E-state index contributed by atoms with van der Waals surface area (Å²) in [6.45, 7) is 9.51. The highest BCUT2D eigenvalue weighted by atomic mass is 16.5. The first kappa shape index (κ1) is 22.1. The molecule has 1 saturated carbocycles. The van der Waals surface area contributed by atoms with E-state index in [0.29, 0.717) is 29.7 Å². The lowest BCUT2D eigenvalue weighted by Gasteiger charge is -2.54. The van der Waals surface area contributed by atoms with Gasteiger partial charge in [0.25, 0.3) is 0 Å². The van der Waals surface area contributed by atoms with E-state index in [1.165, 1.54) is 53.7 Å². The van der Waals surface area contributed by atoms with Crippen molar-refractivity contribution in [2.24, 2.45) is 23.2 Å². The van der Waals surface area contributed by atoms with Crippen molar-refractivity contribution in [2.45, 2.75) is 95.8 Å². The van der Waals surface area contributed by atoms with E-state index < -0.39 is 0 Å². The topological polar surface area (TPSA) is 34.1 Å². The van der Waals surface area contributed by atoms with Gasteiger partial charge in [-0.1, -0.05) is 38.2 Å². The first-order valence-electron chi connectivity index (χ1n) is 14.1. The first-order chi connectivity index (χ1) is 16.8. The minimum atomic E-state index is -0.175. The molecule has 1 aromatic heterocycles. The molecule has 7 rings (SSSR count). The third-order valence-corrected chi connectivity index (χ3v) is 10.8. The van der Waals surface area contributed by atoms with Gasteiger partial charge in [-0.2, -0.15) is 0 Å². The Morgan fingerprint density at radius 1 is 1.17 bits per heavy atom. The number of aromatic nitrogens is 1. The molecule has 35 heavy (non-hydrogen) atoms. The molecule has 1 aromatic rings. The van der Waals surface area contributed by atoms with Gasteiger partial charge >= 0.3 is 0 Å². The van der Waals surface area contributed by atoms with Crippen LogP contribution in [0.3, 0.4) is 0 Å². The molecule has 7 atom stereocenters. The van der Waals surface area contributed by atoms with Gasteiger partial charge in [0.1, 0.15) is 5.60 Å². The molecule has 0 amide bonds. The van der Waals surface area contributed by atoms with Gasteiger partial charge in [0.15, 0.2) is 0 Å². The monoisotopic (exact) mass is 468 g/mol. The number of hydrogen-bond acceptors (Lipinski definition) is 3. The summed E-state index contributed by atoms with van der Waals surface area (Å²) in [5, 5.41) is 3.71. The number of pyridine rings is 1. The van der Waals surface area contributed by atoms with Crippen molar-refractivity contribution in [3.63, 3.8) is 0 Å². The molecule has 4 aliphatic carbocycles. The number of ether oxygens (including phenoxy) is 1. The maximum atomic E-state index is 7.41. The molecule has 3 nitrogen and oxygen atoms in total. The van der Waals surface area contributed by atoms with Crippen LogP contribution in [0.2, 0.25) is 0 Å². The van der Waals surface area contributed by atoms with E-state index in [4.69, 9.17) is 4.74 Å². The molecule has 6 aliphatic rings.